The van der Waals surface area contributed by atoms with Gasteiger partial charge in [0.1, 0.15) is 5.65 Å². The van der Waals surface area contributed by atoms with Crippen molar-refractivity contribution in [2.75, 3.05) is 0 Å². The lowest BCUT2D eigenvalue weighted by atomic mass is 10.1. The van der Waals surface area contributed by atoms with Gasteiger partial charge in [-0.15, -0.1) is 0 Å². The number of benzene rings is 1. The average Bonchev–Trinajstić information content (AvgIpc) is 2.66. The summed E-state index contributed by atoms with van der Waals surface area (Å²) in [4.78, 5) is 4.58. The van der Waals surface area contributed by atoms with Crippen LogP contribution < -0.4 is 0 Å². The van der Waals surface area contributed by atoms with E-state index in [1.54, 1.807) is 0 Å². The monoisotopic (exact) mass is 210 g/mol. The van der Waals surface area contributed by atoms with Crippen LogP contribution in [0.1, 0.15) is 25.3 Å². The Bertz CT molecular complexity index is 650. The van der Waals surface area contributed by atoms with Gasteiger partial charge in [-0.05, 0) is 29.7 Å². The Kier molecular flexibility index (Phi) is 1.96. The van der Waals surface area contributed by atoms with Crippen LogP contribution in [0.2, 0.25) is 0 Å². The van der Waals surface area contributed by atoms with Crippen LogP contribution in [0.25, 0.3) is 16.7 Å². The van der Waals surface area contributed by atoms with Crippen molar-refractivity contribution in [3.05, 3.63) is 48.2 Å². The van der Waals surface area contributed by atoms with E-state index < -0.39 is 0 Å². The summed E-state index contributed by atoms with van der Waals surface area (Å²) in [5.74, 6) is 0.547. The highest BCUT2D eigenvalue weighted by Gasteiger charge is 2.05. The molecule has 0 unspecified atom stereocenters. The summed E-state index contributed by atoms with van der Waals surface area (Å²) in [6.07, 6.45) is 2.19. The molecule has 0 bridgehead atoms. The fraction of sp³-hybridized carbons (Fsp3) is 0.214. The van der Waals surface area contributed by atoms with E-state index in [1.807, 2.05) is 6.07 Å². The van der Waals surface area contributed by atoms with Crippen molar-refractivity contribution in [1.82, 2.24) is 9.38 Å². The number of fused-ring (bicyclic) bond motifs is 3. The normalized spacial score (nSPS) is 11.7. The molecule has 2 nitrogen and oxygen atoms in total. The second-order valence-electron chi connectivity index (χ2n) is 4.45. The number of hydrogen-bond donors (Lipinski definition) is 0. The molecule has 0 N–H and O–H groups in total. The van der Waals surface area contributed by atoms with Crippen molar-refractivity contribution < 1.29 is 0 Å². The molecule has 0 saturated carbocycles. The van der Waals surface area contributed by atoms with Gasteiger partial charge < -0.3 is 0 Å². The minimum atomic E-state index is 0.547. The molecule has 0 fully saturated rings. The summed E-state index contributed by atoms with van der Waals surface area (Å²) in [5.41, 5.74) is 4.60. The van der Waals surface area contributed by atoms with Crippen molar-refractivity contribution in [2.24, 2.45) is 0 Å². The summed E-state index contributed by atoms with van der Waals surface area (Å²) in [5, 5.41) is 0. The Morgan fingerprint density at radius 2 is 1.88 bits per heavy atom. The first kappa shape index (κ1) is 9.40. The zero-order valence-corrected chi connectivity index (χ0v) is 9.51. The molecule has 0 saturated heterocycles. The van der Waals surface area contributed by atoms with E-state index in [2.05, 4.69) is 59.8 Å². The van der Waals surface area contributed by atoms with Gasteiger partial charge in [0.2, 0.25) is 0 Å². The summed E-state index contributed by atoms with van der Waals surface area (Å²) >= 11 is 0. The van der Waals surface area contributed by atoms with Crippen molar-refractivity contribution >= 4 is 16.7 Å². The second kappa shape index (κ2) is 3.34. The van der Waals surface area contributed by atoms with Crippen LogP contribution in [-0.4, -0.2) is 9.38 Å². The van der Waals surface area contributed by atoms with Crippen LogP contribution in [0.3, 0.4) is 0 Å². The fourth-order valence-corrected chi connectivity index (χ4v) is 2.02. The van der Waals surface area contributed by atoms with Crippen LogP contribution >= 0.6 is 0 Å². The number of rotatable bonds is 1. The Hall–Kier alpha value is -1.83. The molecule has 3 aromatic rings. The van der Waals surface area contributed by atoms with Gasteiger partial charge in [-0.1, -0.05) is 32.0 Å². The van der Waals surface area contributed by atoms with Gasteiger partial charge in [0.15, 0.2) is 0 Å². The third-order valence-corrected chi connectivity index (χ3v) is 2.99. The van der Waals surface area contributed by atoms with Crippen molar-refractivity contribution in [3.8, 4) is 0 Å². The highest BCUT2D eigenvalue weighted by molar-refractivity contribution is 5.80. The predicted molar refractivity (Wildman–Crippen MR) is 66.8 cm³/mol. The summed E-state index contributed by atoms with van der Waals surface area (Å²) in [7, 11) is 0. The molecule has 0 spiro atoms. The molecule has 16 heavy (non-hydrogen) atoms. The molecule has 2 heterocycles. The van der Waals surface area contributed by atoms with E-state index in [9.17, 15) is 0 Å². The lowest BCUT2D eigenvalue weighted by Gasteiger charge is -2.05. The van der Waals surface area contributed by atoms with Crippen LogP contribution in [0.15, 0.2) is 42.6 Å². The summed E-state index contributed by atoms with van der Waals surface area (Å²) in [6, 6.07) is 12.5. The third kappa shape index (κ3) is 1.30. The van der Waals surface area contributed by atoms with E-state index >= 15 is 0 Å². The standard InChI is InChI=1S/C14H14N2/c1-10(2)11-7-8-14-15-12-5-3-4-6-13(12)16(14)9-11/h3-10H,1-2H3. The van der Waals surface area contributed by atoms with Gasteiger partial charge in [0.05, 0.1) is 11.0 Å². The molecule has 0 amide bonds. The Labute approximate surface area is 94.5 Å². The quantitative estimate of drug-likeness (QED) is 0.599. The molecule has 0 radical (unpaired) electrons. The molecule has 0 aliphatic rings. The van der Waals surface area contributed by atoms with E-state index in [-0.39, 0.29) is 0 Å². The second-order valence-corrected chi connectivity index (χ2v) is 4.45. The minimum Gasteiger partial charge on any atom is -0.299 e. The number of pyridine rings is 1. The van der Waals surface area contributed by atoms with Crippen molar-refractivity contribution in [2.45, 2.75) is 19.8 Å². The molecule has 1 aromatic carbocycles. The molecule has 0 aliphatic heterocycles. The molecule has 2 aromatic heterocycles. The van der Waals surface area contributed by atoms with Gasteiger partial charge in [0, 0.05) is 6.20 Å². The zero-order valence-electron chi connectivity index (χ0n) is 9.51. The Morgan fingerprint density at radius 1 is 1.06 bits per heavy atom. The van der Waals surface area contributed by atoms with Gasteiger partial charge in [-0.2, -0.15) is 0 Å². The SMILES string of the molecule is CC(C)c1ccc2nc3ccccc3n2c1. The third-order valence-electron chi connectivity index (χ3n) is 2.99. The minimum absolute atomic E-state index is 0.547. The van der Waals surface area contributed by atoms with E-state index in [0.29, 0.717) is 5.92 Å². The molecular weight excluding hydrogens is 196 g/mol. The van der Waals surface area contributed by atoms with Crippen LogP contribution in [0.4, 0.5) is 0 Å². The van der Waals surface area contributed by atoms with E-state index in [1.165, 1.54) is 11.1 Å². The van der Waals surface area contributed by atoms with E-state index in [0.717, 1.165) is 11.2 Å². The lowest BCUT2D eigenvalue weighted by molar-refractivity contribution is 0.855. The molecule has 0 aliphatic carbocycles. The lowest BCUT2D eigenvalue weighted by Crippen LogP contribution is -1.91. The number of nitrogens with zero attached hydrogens (tertiary/aromatic N) is 2. The molecular formula is C14H14N2. The molecule has 3 rings (SSSR count). The summed E-state index contributed by atoms with van der Waals surface area (Å²) in [6.45, 7) is 4.42. The molecule has 2 heteroatoms. The first-order valence-corrected chi connectivity index (χ1v) is 5.62. The molecule has 80 valence electrons. The predicted octanol–water partition coefficient (Wildman–Crippen LogP) is 3.61. The van der Waals surface area contributed by atoms with Crippen molar-refractivity contribution in [3.63, 3.8) is 0 Å². The number of imidazole rings is 1. The van der Waals surface area contributed by atoms with Crippen molar-refractivity contribution in [1.29, 1.82) is 0 Å². The number of hydrogen-bond acceptors (Lipinski definition) is 1. The van der Waals surface area contributed by atoms with Crippen LogP contribution in [-0.2, 0) is 0 Å². The Morgan fingerprint density at radius 3 is 2.69 bits per heavy atom. The number of para-hydroxylation sites is 2. The maximum Gasteiger partial charge on any atom is 0.137 e. The topological polar surface area (TPSA) is 17.3 Å². The average molecular weight is 210 g/mol. The highest BCUT2D eigenvalue weighted by atomic mass is 15.0. The highest BCUT2D eigenvalue weighted by Crippen LogP contribution is 2.20. The van der Waals surface area contributed by atoms with E-state index in [4.69, 9.17) is 0 Å². The van der Waals surface area contributed by atoms with Gasteiger partial charge in [0.25, 0.3) is 0 Å². The fourth-order valence-electron chi connectivity index (χ4n) is 2.02. The first-order chi connectivity index (χ1) is 7.75. The maximum absolute atomic E-state index is 4.58. The van der Waals surface area contributed by atoms with Crippen LogP contribution in [0, 0.1) is 0 Å². The van der Waals surface area contributed by atoms with Crippen LogP contribution in [0.5, 0.6) is 0 Å². The largest absolute Gasteiger partial charge is 0.299 e. The van der Waals surface area contributed by atoms with Gasteiger partial charge >= 0.3 is 0 Å². The zero-order chi connectivity index (χ0) is 11.1. The maximum atomic E-state index is 4.58. The smallest absolute Gasteiger partial charge is 0.137 e. The van der Waals surface area contributed by atoms with Gasteiger partial charge in [-0.25, -0.2) is 4.98 Å². The summed E-state index contributed by atoms with van der Waals surface area (Å²) < 4.78 is 2.17. The Balaban J connectivity index is 2.40. The number of aromatic nitrogens is 2. The molecule has 0 atom stereocenters. The first-order valence-electron chi connectivity index (χ1n) is 5.62. The van der Waals surface area contributed by atoms with Gasteiger partial charge in [-0.3, -0.25) is 4.40 Å².